The molecule has 0 unspecified atom stereocenters. The average Bonchev–Trinajstić information content (AvgIpc) is 2.46. The molecular formula is C13H13N3O2. The van der Waals surface area contributed by atoms with E-state index in [0.29, 0.717) is 11.4 Å². The van der Waals surface area contributed by atoms with Crippen LogP contribution < -0.4 is 16.0 Å². The minimum absolute atomic E-state index is 0.319. The fraction of sp³-hybridized carbons (Fsp3) is 0.0769. The van der Waals surface area contributed by atoms with Crippen LogP contribution >= 0.6 is 0 Å². The van der Waals surface area contributed by atoms with E-state index in [2.05, 4.69) is 10.4 Å². The summed E-state index contributed by atoms with van der Waals surface area (Å²) in [6.07, 6.45) is 0. The second-order valence-electron chi connectivity index (χ2n) is 3.62. The largest absolute Gasteiger partial charge is 0.481 e. The first-order chi connectivity index (χ1) is 8.74. The van der Waals surface area contributed by atoms with Crippen molar-refractivity contribution in [2.45, 2.75) is 0 Å². The van der Waals surface area contributed by atoms with Crippen molar-refractivity contribution in [3.05, 3.63) is 48.0 Å². The minimum atomic E-state index is -0.319. The Hall–Kier alpha value is -2.40. The minimum Gasteiger partial charge on any atom is -0.481 e. The van der Waals surface area contributed by atoms with Crippen LogP contribution in [0.2, 0.25) is 0 Å². The molecule has 3 N–H and O–H groups in total. The van der Waals surface area contributed by atoms with Crippen molar-refractivity contribution in [3.63, 3.8) is 0 Å². The molecule has 0 fully saturated rings. The zero-order chi connectivity index (χ0) is 13.0. The quantitative estimate of drug-likeness (QED) is 0.485. The van der Waals surface area contributed by atoms with Crippen molar-refractivity contribution in [1.29, 1.82) is 0 Å². The summed E-state index contributed by atoms with van der Waals surface area (Å²) in [7, 11) is 1.57. The molecule has 18 heavy (non-hydrogen) atoms. The van der Waals surface area contributed by atoms with E-state index >= 15 is 0 Å². The van der Waals surface area contributed by atoms with E-state index in [-0.39, 0.29) is 5.91 Å². The monoisotopic (exact) mass is 243 g/mol. The van der Waals surface area contributed by atoms with Crippen molar-refractivity contribution in [2.24, 2.45) is 5.84 Å². The number of nitrogens with zero attached hydrogens (tertiary/aromatic N) is 1. The molecule has 1 amide bonds. The normalized spacial score (nSPS) is 9.89. The standard InChI is InChI=1S/C13H13N3O2/c1-18-12-4-2-3-11(15-12)9-5-7-10(8-6-9)13(17)16-14/h2-8H,14H2,1H3,(H,16,17). The number of aromatic nitrogens is 1. The molecule has 1 aromatic heterocycles. The van der Waals surface area contributed by atoms with E-state index in [1.165, 1.54) is 0 Å². The van der Waals surface area contributed by atoms with Crippen molar-refractivity contribution >= 4 is 5.91 Å². The lowest BCUT2D eigenvalue weighted by Gasteiger charge is -2.04. The van der Waals surface area contributed by atoms with E-state index in [1.54, 1.807) is 25.3 Å². The third-order valence-electron chi connectivity index (χ3n) is 2.51. The Kier molecular flexibility index (Phi) is 3.54. The van der Waals surface area contributed by atoms with E-state index in [1.807, 2.05) is 24.3 Å². The molecule has 2 aromatic rings. The van der Waals surface area contributed by atoms with Gasteiger partial charge in [0.05, 0.1) is 12.8 Å². The number of pyridine rings is 1. The van der Waals surface area contributed by atoms with Crippen LogP contribution in [0, 0.1) is 0 Å². The second kappa shape index (κ2) is 5.29. The zero-order valence-electron chi connectivity index (χ0n) is 9.88. The number of ether oxygens (including phenoxy) is 1. The molecule has 0 aliphatic carbocycles. The van der Waals surface area contributed by atoms with Gasteiger partial charge < -0.3 is 4.74 Å². The Labute approximate surface area is 105 Å². The number of amides is 1. The third kappa shape index (κ3) is 2.46. The number of hydrazine groups is 1. The number of carbonyl (C=O) groups is 1. The molecular weight excluding hydrogens is 230 g/mol. The lowest BCUT2D eigenvalue weighted by molar-refractivity contribution is 0.0953. The maximum Gasteiger partial charge on any atom is 0.265 e. The molecule has 1 heterocycles. The summed E-state index contributed by atoms with van der Waals surface area (Å²) < 4.78 is 5.06. The van der Waals surface area contributed by atoms with Crippen molar-refractivity contribution < 1.29 is 9.53 Å². The highest BCUT2D eigenvalue weighted by atomic mass is 16.5. The third-order valence-corrected chi connectivity index (χ3v) is 2.51. The van der Waals surface area contributed by atoms with Gasteiger partial charge in [0.25, 0.3) is 5.91 Å². The van der Waals surface area contributed by atoms with Gasteiger partial charge in [0.15, 0.2) is 0 Å². The van der Waals surface area contributed by atoms with Crippen LogP contribution in [0.5, 0.6) is 5.88 Å². The Balaban J connectivity index is 2.31. The molecule has 0 saturated carbocycles. The van der Waals surface area contributed by atoms with Crippen molar-refractivity contribution in [1.82, 2.24) is 10.4 Å². The van der Waals surface area contributed by atoms with E-state index in [0.717, 1.165) is 11.3 Å². The Bertz CT molecular complexity index is 552. The van der Waals surface area contributed by atoms with E-state index < -0.39 is 0 Å². The van der Waals surface area contributed by atoms with Crippen LogP contribution in [0.25, 0.3) is 11.3 Å². The fourth-order valence-electron chi connectivity index (χ4n) is 1.56. The maximum atomic E-state index is 11.3. The number of nitrogens with two attached hydrogens (primary N) is 1. The molecule has 0 spiro atoms. The molecule has 5 heteroatoms. The van der Waals surface area contributed by atoms with Gasteiger partial charge in [0.2, 0.25) is 5.88 Å². The second-order valence-corrected chi connectivity index (χ2v) is 3.62. The first-order valence-corrected chi connectivity index (χ1v) is 5.37. The number of hydrogen-bond donors (Lipinski definition) is 2. The smallest absolute Gasteiger partial charge is 0.265 e. The first kappa shape index (κ1) is 12.1. The number of nitrogens with one attached hydrogen (secondary N) is 1. The predicted molar refractivity (Wildman–Crippen MR) is 67.9 cm³/mol. The SMILES string of the molecule is COc1cccc(-c2ccc(C(=O)NN)cc2)n1. The molecule has 0 aliphatic heterocycles. The molecule has 2 rings (SSSR count). The number of methoxy groups -OCH3 is 1. The van der Waals surface area contributed by atoms with Gasteiger partial charge in [-0.05, 0) is 18.2 Å². The number of rotatable bonds is 3. The predicted octanol–water partition coefficient (Wildman–Crippen LogP) is 1.36. The first-order valence-electron chi connectivity index (χ1n) is 5.37. The van der Waals surface area contributed by atoms with Gasteiger partial charge in [0.1, 0.15) is 0 Å². The molecule has 92 valence electrons. The lowest BCUT2D eigenvalue weighted by atomic mass is 10.1. The van der Waals surface area contributed by atoms with E-state index in [4.69, 9.17) is 10.6 Å². The Morgan fingerprint density at radius 3 is 2.56 bits per heavy atom. The molecule has 0 aliphatic rings. The van der Waals surface area contributed by atoms with Gasteiger partial charge in [-0.1, -0.05) is 18.2 Å². The van der Waals surface area contributed by atoms with Crippen LogP contribution in [0.3, 0.4) is 0 Å². The molecule has 0 saturated heterocycles. The highest BCUT2D eigenvalue weighted by molar-refractivity contribution is 5.94. The summed E-state index contributed by atoms with van der Waals surface area (Å²) >= 11 is 0. The van der Waals surface area contributed by atoms with Crippen LogP contribution in [0.4, 0.5) is 0 Å². The topological polar surface area (TPSA) is 77.2 Å². The summed E-state index contributed by atoms with van der Waals surface area (Å²) in [4.78, 5) is 15.6. The zero-order valence-corrected chi connectivity index (χ0v) is 9.88. The molecule has 0 bridgehead atoms. The van der Waals surface area contributed by atoms with Crippen LogP contribution in [-0.2, 0) is 0 Å². The number of hydrogen-bond acceptors (Lipinski definition) is 4. The molecule has 1 aromatic carbocycles. The Morgan fingerprint density at radius 2 is 1.94 bits per heavy atom. The van der Waals surface area contributed by atoms with Crippen molar-refractivity contribution in [2.75, 3.05) is 7.11 Å². The lowest BCUT2D eigenvalue weighted by Crippen LogP contribution is -2.29. The number of nitrogen functional groups attached to an aromatic ring is 1. The molecule has 0 radical (unpaired) electrons. The van der Waals surface area contributed by atoms with Crippen LogP contribution in [-0.4, -0.2) is 18.0 Å². The van der Waals surface area contributed by atoms with Gasteiger partial charge in [-0.25, -0.2) is 10.8 Å². The summed E-state index contributed by atoms with van der Waals surface area (Å²) in [5.41, 5.74) is 4.28. The maximum absolute atomic E-state index is 11.3. The highest BCUT2D eigenvalue weighted by Gasteiger charge is 2.05. The van der Waals surface area contributed by atoms with Gasteiger partial charge in [-0.3, -0.25) is 10.2 Å². The fourth-order valence-corrected chi connectivity index (χ4v) is 1.56. The van der Waals surface area contributed by atoms with Gasteiger partial charge >= 0.3 is 0 Å². The summed E-state index contributed by atoms with van der Waals surface area (Å²) in [5, 5.41) is 0. The van der Waals surface area contributed by atoms with Crippen LogP contribution in [0.15, 0.2) is 42.5 Å². The highest BCUT2D eigenvalue weighted by Crippen LogP contribution is 2.20. The van der Waals surface area contributed by atoms with Gasteiger partial charge in [-0.2, -0.15) is 0 Å². The summed E-state index contributed by atoms with van der Waals surface area (Å²) in [6, 6.07) is 12.5. The van der Waals surface area contributed by atoms with Gasteiger partial charge in [0, 0.05) is 17.2 Å². The van der Waals surface area contributed by atoms with Crippen molar-refractivity contribution in [3.8, 4) is 17.1 Å². The Morgan fingerprint density at radius 1 is 1.22 bits per heavy atom. The van der Waals surface area contributed by atoms with Gasteiger partial charge in [-0.15, -0.1) is 0 Å². The molecule has 5 nitrogen and oxygen atoms in total. The number of carbonyl (C=O) groups excluding carboxylic acids is 1. The van der Waals surface area contributed by atoms with Crippen LogP contribution in [0.1, 0.15) is 10.4 Å². The van der Waals surface area contributed by atoms with E-state index in [9.17, 15) is 4.79 Å². The summed E-state index contributed by atoms with van der Waals surface area (Å²) in [6.45, 7) is 0. The molecule has 0 atom stereocenters. The number of benzene rings is 1. The summed E-state index contributed by atoms with van der Waals surface area (Å²) in [5.74, 6) is 5.30. The average molecular weight is 243 g/mol.